The summed E-state index contributed by atoms with van der Waals surface area (Å²) in [4.78, 5) is 23.6. The van der Waals surface area contributed by atoms with Crippen molar-refractivity contribution in [2.75, 3.05) is 26.9 Å². The normalized spacial score (nSPS) is 14.0. The molecule has 38 heavy (non-hydrogen) atoms. The molecule has 1 aliphatic heterocycles. The number of carbonyl (C=O) groups is 2. The van der Waals surface area contributed by atoms with Crippen LogP contribution in [0.15, 0.2) is 54.6 Å². The fourth-order valence-corrected chi connectivity index (χ4v) is 4.26. The van der Waals surface area contributed by atoms with Gasteiger partial charge in [0.05, 0.1) is 25.3 Å². The number of carboxylic acid groups (broad SMARTS) is 1. The van der Waals surface area contributed by atoms with Crippen molar-refractivity contribution in [2.45, 2.75) is 25.9 Å². The zero-order chi connectivity index (χ0) is 27.1. The number of halogens is 1. The standard InChI is InChI=1S/C28H28ClNO8/c1-3-35-24-14-20(34-2)9-4-17(24)10-12-30-27(31)18-5-7-19(8-6-18)37-26-16-25-21(15-22(26)29)23(11-13-36-25)38-28(32)33/h4-9,14-16,23H,3,10-13H2,1-2H3,(H,30,31)(H,32,33). The molecular formula is C28H28ClNO8. The van der Waals surface area contributed by atoms with Crippen LogP contribution in [0.25, 0.3) is 0 Å². The third-order valence-corrected chi connectivity index (χ3v) is 6.19. The quantitative estimate of drug-likeness (QED) is 0.299. The predicted molar refractivity (Wildman–Crippen MR) is 140 cm³/mol. The molecule has 10 heteroatoms. The molecule has 0 fully saturated rings. The van der Waals surface area contributed by atoms with Crippen LogP contribution in [0.4, 0.5) is 4.79 Å². The molecule has 1 aliphatic rings. The second-order valence-electron chi connectivity index (χ2n) is 8.37. The van der Waals surface area contributed by atoms with E-state index in [-0.39, 0.29) is 10.9 Å². The Morgan fingerprint density at radius 3 is 2.55 bits per heavy atom. The molecule has 0 aliphatic carbocycles. The fraction of sp³-hybridized carbons (Fsp3) is 0.286. The Kier molecular flexibility index (Phi) is 8.81. The summed E-state index contributed by atoms with van der Waals surface area (Å²) in [6.07, 6.45) is -1.02. The topological polar surface area (TPSA) is 113 Å². The van der Waals surface area contributed by atoms with E-state index in [0.29, 0.717) is 66.7 Å². The number of ether oxygens (including phenoxy) is 5. The fourth-order valence-electron chi connectivity index (χ4n) is 4.05. The summed E-state index contributed by atoms with van der Waals surface area (Å²) in [7, 11) is 1.60. The molecule has 0 aromatic heterocycles. The van der Waals surface area contributed by atoms with Gasteiger partial charge < -0.3 is 34.1 Å². The highest BCUT2D eigenvalue weighted by Gasteiger charge is 2.27. The molecule has 1 amide bonds. The molecule has 200 valence electrons. The molecule has 0 saturated heterocycles. The zero-order valence-corrected chi connectivity index (χ0v) is 21.7. The van der Waals surface area contributed by atoms with Crippen molar-refractivity contribution in [1.29, 1.82) is 0 Å². The van der Waals surface area contributed by atoms with Crippen molar-refractivity contribution in [3.63, 3.8) is 0 Å². The van der Waals surface area contributed by atoms with E-state index in [0.717, 1.165) is 11.3 Å². The van der Waals surface area contributed by atoms with Crippen molar-refractivity contribution in [2.24, 2.45) is 0 Å². The van der Waals surface area contributed by atoms with Crippen LogP contribution in [0, 0.1) is 0 Å². The lowest BCUT2D eigenvalue weighted by molar-refractivity contribution is 0.0326. The van der Waals surface area contributed by atoms with Crippen molar-refractivity contribution >= 4 is 23.7 Å². The number of methoxy groups -OCH3 is 1. The van der Waals surface area contributed by atoms with E-state index in [2.05, 4.69) is 5.32 Å². The number of nitrogens with one attached hydrogen (secondary N) is 1. The molecule has 0 saturated carbocycles. The number of amides is 1. The Morgan fingerprint density at radius 2 is 1.84 bits per heavy atom. The minimum atomic E-state index is -1.36. The molecule has 2 N–H and O–H groups in total. The van der Waals surface area contributed by atoms with Gasteiger partial charge in [0.1, 0.15) is 34.9 Å². The highest BCUT2D eigenvalue weighted by molar-refractivity contribution is 6.32. The van der Waals surface area contributed by atoms with Gasteiger partial charge in [-0.2, -0.15) is 0 Å². The van der Waals surface area contributed by atoms with Gasteiger partial charge in [0.15, 0.2) is 0 Å². The Morgan fingerprint density at radius 1 is 1.08 bits per heavy atom. The van der Waals surface area contributed by atoms with Gasteiger partial charge in [-0.3, -0.25) is 4.79 Å². The Labute approximate surface area is 225 Å². The molecule has 9 nitrogen and oxygen atoms in total. The van der Waals surface area contributed by atoms with E-state index in [9.17, 15) is 9.59 Å². The van der Waals surface area contributed by atoms with Gasteiger partial charge >= 0.3 is 6.16 Å². The minimum absolute atomic E-state index is 0.215. The lowest BCUT2D eigenvalue weighted by Crippen LogP contribution is -2.25. The summed E-state index contributed by atoms with van der Waals surface area (Å²) < 4.78 is 27.4. The average molecular weight is 542 g/mol. The molecule has 1 atom stereocenters. The lowest BCUT2D eigenvalue weighted by Gasteiger charge is -2.25. The maximum absolute atomic E-state index is 12.6. The summed E-state index contributed by atoms with van der Waals surface area (Å²) in [6, 6.07) is 15.5. The van der Waals surface area contributed by atoms with Crippen LogP contribution in [-0.4, -0.2) is 44.0 Å². The van der Waals surface area contributed by atoms with E-state index in [4.69, 9.17) is 40.4 Å². The van der Waals surface area contributed by atoms with Gasteiger partial charge in [-0.15, -0.1) is 0 Å². The highest BCUT2D eigenvalue weighted by atomic mass is 35.5. The number of benzene rings is 3. The molecule has 1 unspecified atom stereocenters. The molecule has 0 spiro atoms. The first-order valence-corrected chi connectivity index (χ1v) is 12.5. The second-order valence-corrected chi connectivity index (χ2v) is 8.78. The Hall–Kier alpha value is -4.11. The summed E-state index contributed by atoms with van der Waals surface area (Å²) in [5.41, 5.74) is 2.00. The van der Waals surface area contributed by atoms with E-state index >= 15 is 0 Å². The van der Waals surface area contributed by atoms with Crippen LogP contribution in [0.2, 0.25) is 5.02 Å². The van der Waals surface area contributed by atoms with Gasteiger partial charge in [0.2, 0.25) is 0 Å². The maximum Gasteiger partial charge on any atom is 0.506 e. The number of carbonyl (C=O) groups excluding carboxylic acids is 1. The summed E-state index contributed by atoms with van der Waals surface area (Å²) in [5, 5.41) is 12.2. The highest BCUT2D eigenvalue weighted by Crippen LogP contribution is 2.42. The van der Waals surface area contributed by atoms with Gasteiger partial charge in [-0.1, -0.05) is 17.7 Å². The summed E-state index contributed by atoms with van der Waals surface area (Å²) in [5.74, 6) is 2.48. The monoisotopic (exact) mass is 541 g/mol. The first-order chi connectivity index (χ1) is 18.4. The number of rotatable bonds is 10. The van der Waals surface area contributed by atoms with Crippen LogP contribution in [0.1, 0.15) is 40.9 Å². The number of hydrogen-bond acceptors (Lipinski definition) is 7. The van der Waals surface area contributed by atoms with Crippen molar-refractivity contribution < 1.29 is 38.4 Å². The average Bonchev–Trinajstić information content (AvgIpc) is 2.90. The summed E-state index contributed by atoms with van der Waals surface area (Å²) in [6.45, 7) is 3.19. The van der Waals surface area contributed by atoms with Crippen molar-refractivity contribution in [1.82, 2.24) is 5.32 Å². The third kappa shape index (κ3) is 6.60. The number of hydrogen-bond donors (Lipinski definition) is 2. The van der Waals surface area contributed by atoms with Gasteiger partial charge in [-0.25, -0.2) is 4.79 Å². The smallest absolute Gasteiger partial charge is 0.497 e. The second kappa shape index (κ2) is 12.4. The zero-order valence-electron chi connectivity index (χ0n) is 21.0. The molecule has 4 rings (SSSR count). The summed E-state index contributed by atoms with van der Waals surface area (Å²) >= 11 is 6.39. The first kappa shape index (κ1) is 26.9. The van der Waals surface area contributed by atoms with E-state index in [1.807, 2.05) is 25.1 Å². The SMILES string of the molecule is CCOc1cc(OC)ccc1CCNC(=O)c1ccc(Oc2cc3c(cc2Cl)C(OC(=O)O)CCO3)cc1. The van der Waals surface area contributed by atoms with Crippen LogP contribution >= 0.6 is 11.6 Å². The number of fused-ring (bicyclic) bond motifs is 1. The maximum atomic E-state index is 12.6. The predicted octanol–water partition coefficient (Wildman–Crippen LogP) is 6.03. The van der Waals surface area contributed by atoms with E-state index in [1.54, 1.807) is 43.5 Å². The first-order valence-electron chi connectivity index (χ1n) is 12.1. The molecule has 3 aromatic carbocycles. The Balaban J connectivity index is 1.36. The van der Waals surface area contributed by atoms with Crippen LogP contribution < -0.4 is 24.3 Å². The Bertz CT molecular complexity index is 1290. The molecular weight excluding hydrogens is 514 g/mol. The van der Waals surface area contributed by atoms with Gasteiger partial charge in [-0.05, 0) is 55.3 Å². The van der Waals surface area contributed by atoms with Gasteiger partial charge in [0.25, 0.3) is 5.91 Å². The molecule has 0 bridgehead atoms. The molecule has 0 radical (unpaired) electrons. The van der Waals surface area contributed by atoms with Crippen molar-refractivity contribution in [3.05, 3.63) is 76.3 Å². The van der Waals surface area contributed by atoms with Crippen molar-refractivity contribution in [3.8, 4) is 28.7 Å². The third-order valence-electron chi connectivity index (χ3n) is 5.89. The molecule has 3 aromatic rings. The lowest BCUT2D eigenvalue weighted by atomic mass is 10.0. The molecule has 1 heterocycles. The van der Waals surface area contributed by atoms with Crippen LogP contribution in [-0.2, 0) is 11.2 Å². The largest absolute Gasteiger partial charge is 0.506 e. The van der Waals surface area contributed by atoms with E-state index in [1.165, 1.54) is 0 Å². The minimum Gasteiger partial charge on any atom is -0.497 e. The van der Waals surface area contributed by atoms with Crippen LogP contribution in [0.3, 0.4) is 0 Å². The van der Waals surface area contributed by atoms with E-state index < -0.39 is 12.3 Å². The van der Waals surface area contributed by atoms with Crippen LogP contribution in [0.5, 0.6) is 28.7 Å². The van der Waals surface area contributed by atoms with Gasteiger partial charge in [0, 0.05) is 36.2 Å².